The van der Waals surface area contributed by atoms with Crippen LogP contribution in [0.5, 0.6) is 5.75 Å². The summed E-state index contributed by atoms with van der Waals surface area (Å²) < 4.78 is 7.67. The summed E-state index contributed by atoms with van der Waals surface area (Å²) in [5, 5.41) is 5.89. The van der Waals surface area contributed by atoms with E-state index in [0.717, 1.165) is 17.7 Å². The molecule has 8 heteroatoms. The summed E-state index contributed by atoms with van der Waals surface area (Å²) in [7, 11) is 0. The lowest BCUT2D eigenvalue weighted by Gasteiger charge is -2.43. The first-order valence-electron chi connectivity index (χ1n) is 13.2. The lowest BCUT2D eigenvalue weighted by molar-refractivity contribution is -0.118. The Kier molecular flexibility index (Phi) is 7.49. The molecule has 3 unspecified atom stereocenters. The zero-order valence-corrected chi connectivity index (χ0v) is 21.8. The van der Waals surface area contributed by atoms with Crippen molar-refractivity contribution in [2.45, 2.75) is 45.4 Å². The molecule has 2 aliphatic heterocycles. The standard InChI is InChI=1S/C30H34N4O4/c1-20(2)28(29(36)31-24-11-13-25(14-12-24)38-19-21-7-4-3-5-8-21)32-30(37)33-16-22-15-23(18-33)26-9-6-10-27(35)34(26)17-22/h3-14,20,22-23,28H,15-19H2,1-2H3,(H,31,36)(H,32,37). The van der Waals surface area contributed by atoms with Gasteiger partial charge in [0.25, 0.3) is 5.56 Å². The quantitative estimate of drug-likeness (QED) is 0.494. The maximum atomic E-state index is 13.3. The molecule has 2 bridgehead atoms. The number of likely N-dealkylation sites (tertiary alicyclic amines) is 1. The highest BCUT2D eigenvalue weighted by Gasteiger charge is 2.37. The number of fused-ring (bicyclic) bond motifs is 4. The van der Waals surface area contributed by atoms with Crippen LogP contribution in [0.3, 0.4) is 0 Å². The number of aromatic nitrogens is 1. The van der Waals surface area contributed by atoms with Crippen molar-refractivity contribution < 1.29 is 14.3 Å². The van der Waals surface area contributed by atoms with E-state index in [1.165, 1.54) is 0 Å². The Morgan fingerprint density at radius 2 is 1.71 bits per heavy atom. The summed E-state index contributed by atoms with van der Waals surface area (Å²) in [6.07, 6.45) is 0.965. The van der Waals surface area contributed by atoms with Gasteiger partial charge < -0.3 is 24.8 Å². The molecule has 1 saturated heterocycles. The summed E-state index contributed by atoms with van der Waals surface area (Å²) in [4.78, 5) is 40.5. The fraction of sp³-hybridized carbons (Fsp3) is 0.367. The summed E-state index contributed by atoms with van der Waals surface area (Å²) >= 11 is 0. The number of piperidine rings is 1. The summed E-state index contributed by atoms with van der Waals surface area (Å²) in [5.41, 5.74) is 2.72. The Labute approximate surface area is 222 Å². The summed E-state index contributed by atoms with van der Waals surface area (Å²) in [6.45, 7) is 6.02. The molecular weight excluding hydrogens is 480 g/mol. The molecule has 1 aromatic heterocycles. The van der Waals surface area contributed by atoms with Crippen LogP contribution >= 0.6 is 0 Å². The largest absolute Gasteiger partial charge is 0.489 e. The van der Waals surface area contributed by atoms with Crippen molar-refractivity contribution >= 4 is 17.6 Å². The molecule has 198 valence electrons. The van der Waals surface area contributed by atoms with Crippen molar-refractivity contribution in [1.82, 2.24) is 14.8 Å². The zero-order valence-electron chi connectivity index (χ0n) is 21.8. The Hall–Kier alpha value is -4.07. The molecule has 3 heterocycles. The Bertz CT molecular complexity index is 1340. The van der Waals surface area contributed by atoms with Crippen LogP contribution in [-0.4, -0.2) is 40.5 Å². The van der Waals surface area contributed by atoms with E-state index in [2.05, 4.69) is 10.6 Å². The highest BCUT2D eigenvalue weighted by atomic mass is 16.5. The van der Waals surface area contributed by atoms with Crippen LogP contribution in [0.4, 0.5) is 10.5 Å². The molecule has 3 aromatic rings. The van der Waals surface area contributed by atoms with E-state index in [1.54, 1.807) is 29.2 Å². The second kappa shape index (κ2) is 11.1. The lowest BCUT2D eigenvalue weighted by Crippen LogP contribution is -2.56. The lowest BCUT2D eigenvalue weighted by atomic mass is 9.83. The van der Waals surface area contributed by atoms with Crippen molar-refractivity contribution in [2.24, 2.45) is 11.8 Å². The number of anilines is 1. The number of hydrogen-bond acceptors (Lipinski definition) is 4. The van der Waals surface area contributed by atoms with Gasteiger partial charge in [0.05, 0.1) is 0 Å². The minimum Gasteiger partial charge on any atom is -0.489 e. The predicted octanol–water partition coefficient (Wildman–Crippen LogP) is 4.22. The first-order valence-corrected chi connectivity index (χ1v) is 13.2. The number of carbonyl (C=O) groups excluding carboxylic acids is 2. The number of carbonyl (C=O) groups is 2. The van der Waals surface area contributed by atoms with Crippen LogP contribution in [0.25, 0.3) is 0 Å². The second-order valence-electron chi connectivity index (χ2n) is 10.6. The van der Waals surface area contributed by atoms with Gasteiger partial charge in [0.1, 0.15) is 18.4 Å². The van der Waals surface area contributed by atoms with Gasteiger partial charge in [-0.2, -0.15) is 0 Å². The molecule has 2 aliphatic rings. The first-order chi connectivity index (χ1) is 18.4. The third-order valence-electron chi connectivity index (χ3n) is 7.37. The first kappa shape index (κ1) is 25.6. The van der Waals surface area contributed by atoms with Crippen molar-refractivity contribution in [3.05, 3.63) is 94.4 Å². The second-order valence-corrected chi connectivity index (χ2v) is 10.6. The Morgan fingerprint density at radius 3 is 2.45 bits per heavy atom. The SMILES string of the molecule is CC(C)C(NC(=O)N1CC2CC(C1)c1cccc(=O)n1C2)C(=O)Nc1ccc(OCc2ccccc2)cc1. The highest BCUT2D eigenvalue weighted by molar-refractivity contribution is 5.97. The Balaban J connectivity index is 1.18. The molecule has 5 rings (SSSR count). The topological polar surface area (TPSA) is 92.7 Å². The van der Waals surface area contributed by atoms with Crippen LogP contribution in [-0.2, 0) is 17.9 Å². The van der Waals surface area contributed by atoms with E-state index in [4.69, 9.17) is 4.74 Å². The fourth-order valence-corrected chi connectivity index (χ4v) is 5.42. The molecule has 0 saturated carbocycles. The smallest absolute Gasteiger partial charge is 0.318 e. The monoisotopic (exact) mass is 514 g/mol. The maximum absolute atomic E-state index is 13.3. The molecular formula is C30H34N4O4. The van der Waals surface area contributed by atoms with Gasteiger partial charge in [-0.25, -0.2) is 4.79 Å². The zero-order chi connectivity index (χ0) is 26.6. The van der Waals surface area contributed by atoms with Gasteiger partial charge in [-0.15, -0.1) is 0 Å². The van der Waals surface area contributed by atoms with Gasteiger partial charge in [-0.1, -0.05) is 50.2 Å². The van der Waals surface area contributed by atoms with Crippen molar-refractivity contribution in [2.75, 3.05) is 18.4 Å². The normalized spacial score (nSPS) is 18.9. The van der Waals surface area contributed by atoms with E-state index in [1.807, 2.05) is 66.9 Å². The van der Waals surface area contributed by atoms with E-state index in [0.29, 0.717) is 37.7 Å². The maximum Gasteiger partial charge on any atom is 0.318 e. The number of benzene rings is 2. The number of nitrogens with one attached hydrogen (secondary N) is 2. The molecule has 0 aliphatic carbocycles. The minimum absolute atomic E-state index is 0.0161. The van der Waals surface area contributed by atoms with Crippen LogP contribution in [0.1, 0.15) is 37.4 Å². The number of hydrogen-bond donors (Lipinski definition) is 2. The molecule has 0 radical (unpaired) electrons. The van der Waals surface area contributed by atoms with Gasteiger partial charge in [-0.05, 0) is 54.2 Å². The number of rotatable bonds is 7. The molecule has 2 N–H and O–H groups in total. The third kappa shape index (κ3) is 5.74. The van der Waals surface area contributed by atoms with Gasteiger partial charge in [-0.3, -0.25) is 9.59 Å². The third-order valence-corrected chi connectivity index (χ3v) is 7.37. The molecule has 3 atom stereocenters. The molecule has 3 amide bonds. The van der Waals surface area contributed by atoms with Crippen LogP contribution in [0, 0.1) is 11.8 Å². The van der Waals surface area contributed by atoms with Crippen molar-refractivity contribution in [3.63, 3.8) is 0 Å². The number of urea groups is 1. The number of amides is 3. The average Bonchev–Trinajstić information content (AvgIpc) is 2.92. The minimum atomic E-state index is -0.687. The molecule has 8 nitrogen and oxygen atoms in total. The highest BCUT2D eigenvalue weighted by Crippen LogP contribution is 2.35. The van der Waals surface area contributed by atoms with Crippen LogP contribution in [0.2, 0.25) is 0 Å². The van der Waals surface area contributed by atoms with E-state index < -0.39 is 6.04 Å². The number of ether oxygens (including phenoxy) is 1. The number of pyridine rings is 1. The van der Waals surface area contributed by atoms with Crippen LogP contribution < -0.4 is 20.9 Å². The molecule has 1 fully saturated rings. The Morgan fingerprint density at radius 1 is 0.947 bits per heavy atom. The molecule has 0 spiro atoms. The molecule has 2 aromatic carbocycles. The number of nitrogens with zero attached hydrogens (tertiary/aromatic N) is 2. The van der Waals surface area contributed by atoms with Crippen molar-refractivity contribution in [1.29, 1.82) is 0 Å². The fourth-order valence-electron chi connectivity index (χ4n) is 5.42. The van der Waals surface area contributed by atoms with Crippen LogP contribution in [0.15, 0.2) is 77.6 Å². The molecule has 38 heavy (non-hydrogen) atoms. The van der Waals surface area contributed by atoms with Crippen molar-refractivity contribution in [3.8, 4) is 5.75 Å². The average molecular weight is 515 g/mol. The van der Waals surface area contributed by atoms with Gasteiger partial charge in [0.15, 0.2) is 0 Å². The van der Waals surface area contributed by atoms with E-state index in [-0.39, 0.29) is 35.3 Å². The summed E-state index contributed by atoms with van der Waals surface area (Å²) in [6, 6.07) is 21.6. The van der Waals surface area contributed by atoms with Gasteiger partial charge in [0, 0.05) is 43.0 Å². The van der Waals surface area contributed by atoms with Gasteiger partial charge in [0.2, 0.25) is 5.91 Å². The predicted molar refractivity (Wildman–Crippen MR) is 146 cm³/mol. The van der Waals surface area contributed by atoms with Gasteiger partial charge >= 0.3 is 6.03 Å². The summed E-state index contributed by atoms with van der Waals surface area (Å²) in [5.74, 6) is 0.689. The van der Waals surface area contributed by atoms with E-state index >= 15 is 0 Å². The van der Waals surface area contributed by atoms with E-state index in [9.17, 15) is 14.4 Å².